The fourth-order valence-corrected chi connectivity index (χ4v) is 3.04. The van der Waals surface area contributed by atoms with Crippen LogP contribution in [0.5, 0.6) is 0 Å². The Bertz CT molecular complexity index is 319. The van der Waals surface area contributed by atoms with Crippen molar-refractivity contribution in [3.63, 3.8) is 0 Å². The van der Waals surface area contributed by atoms with Crippen molar-refractivity contribution in [1.29, 1.82) is 0 Å². The first-order valence-corrected chi connectivity index (χ1v) is 7.33. The van der Waals surface area contributed by atoms with Gasteiger partial charge in [-0.1, -0.05) is 19.3 Å². The molecule has 1 amide bonds. The topological polar surface area (TPSA) is 75.6 Å². The molecule has 0 aromatic rings. The second-order valence-corrected chi connectivity index (χ2v) is 5.58. The van der Waals surface area contributed by atoms with Crippen molar-refractivity contribution in [3.05, 3.63) is 0 Å². The molecule has 2 N–H and O–H groups in total. The highest BCUT2D eigenvalue weighted by Gasteiger charge is 2.33. The fraction of sp³-hybridized carbons (Fsp3) is 0.857. The second kappa shape index (κ2) is 6.89. The summed E-state index contributed by atoms with van der Waals surface area (Å²) >= 11 is 0. The number of hydrogen-bond acceptors (Lipinski definition) is 3. The highest BCUT2D eigenvalue weighted by molar-refractivity contribution is 5.86. The van der Waals surface area contributed by atoms with Crippen LogP contribution in [0.1, 0.15) is 51.4 Å². The van der Waals surface area contributed by atoms with Gasteiger partial charge in [-0.15, -0.1) is 0 Å². The lowest BCUT2D eigenvalue weighted by atomic mass is 9.83. The molecule has 0 aromatic heterocycles. The third kappa shape index (κ3) is 3.93. The van der Waals surface area contributed by atoms with Crippen LogP contribution in [-0.2, 0) is 14.3 Å². The average molecular weight is 269 g/mol. The number of ether oxygens (including phenoxy) is 1. The number of carboxylic acids is 1. The minimum atomic E-state index is -0.920. The number of amides is 1. The van der Waals surface area contributed by atoms with Crippen molar-refractivity contribution < 1.29 is 19.4 Å². The molecular weight excluding hydrogens is 246 g/mol. The Hall–Kier alpha value is -1.10. The molecule has 0 bridgehead atoms. The van der Waals surface area contributed by atoms with E-state index in [0.29, 0.717) is 13.0 Å². The predicted octanol–water partition coefficient (Wildman–Crippen LogP) is 1.71. The van der Waals surface area contributed by atoms with Crippen LogP contribution in [0.15, 0.2) is 0 Å². The van der Waals surface area contributed by atoms with E-state index in [-0.39, 0.29) is 11.8 Å². The molecule has 0 spiro atoms. The fourth-order valence-electron chi connectivity index (χ4n) is 3.04. The van der Waals surface area contributed by atoms with Crippen LogP contribution in [-0.4, -0.2) is 35.7 Å². The van der Waals surface area contributed by atoms with Gasteiger partial charge in [-0.25, -0.2) is 4.79 Å². The van der Waals surface area contributed by atoms with Crippen molar-refractivity contribution in [2.24, 2.45) is 5.92 Å². The van der Waals surface area contributed by atoms with Crippen LogP contribution in [0.3, 0.4) is 0 Å². The number of nitrogens with one attached hydrogen (secondary N) is 1. The van der Waals surface area contributed by atoms with Crippen molar-refractivity contribution in [1.82, 2.24) is 5.32 Å². The van der Waals surface area contributed by atoms with E-state index in [4.69, 9.17) is 4.74 Å². The molecular formula is C14H23NO4. The van der Waals surface area contributed by atoms with Gasteiger partial charge in [-0.2, -0.15) is 0 Å². The van der Waals surface area contributed by atoms with Crippen LogP contribution >= 0.6 is 0 Å². The van der Waals surface area contributed by atoms with Gasteiger partial charge >= 0.3 is 5.97 Å². The van der Waals surface area contributed by atoms with Crippen LogP contribution in [0.2, 0.25) is 0 Å². The lowest BCUT2D eigenvalue weighted by molar-refractivity contribution is -0.147. The first-order chi connectivity index (χ1) is 9.18. The molecule has 108 valence electrons. The Morgan fingerprint density at radius 1 is 1.05 bits per heavy atom. The van der Waals surface area contributed by atoms with Crippen LogP contribution in [0.25, 0.3) is 0 Å². The molecule has 1 aliphatic heterocycles. The van der Waals surface area contributed by atoms with Crippen LogP contribution in [0.4, 0.5) is 0 Å². The van der Waals surface area contributed by atoms with Crippen molar-refractivity contribution in [2.75, 3.05) is 6.61 Å². The zero-order valence-corrected chi connectivity index (χ0v) is 11.3. The average Bonchev–Trinajstić information content (AvgIpc) is 2.46. The van der Waals surface area contributed by atoms with Gasteiger partial charge in [-0.3, -0.25) is 4.79 Å². The van der Waals surface area contributed by atoms with Crippen LogP contribution < -0.4 is 5.32 Å². The smallest absolute Gasteiger partial charge is 0.326 e. The van der Waals surface area contributed by atoms with Crippen molar-refractivity contribution in [3.8, 4) is 0 Å². The molecule has 2 atom stereocenters. The lowest BCUT2D eigenvalue weighted by Crippen LogP contribution is -2.50. The van der Waals surface area contributed by atoms with Gasteiger partial charge in [-0.05, 0) is 38.0 Å². The van der Waals surface area contributed by atoms with Crippen molar-refractivity contribution >= 4 is 11.9 Å². The molecule has 0 radical (unpaired) electrons. The number of rotatable bonds is 4. The predicted molar refractivity (Wildman–Crippen MR) is 69.7 cm³/mol. The maximum absolute atomic E-state index is 12.1. The molecule has 2 aliphatic rings. The first-order valence-electron chi connectivity index (χ1n) is 7.33. The summed E-state index contributed by atoms with van der Waals surface area (Å²) in [5, 5.41) is 12.0. The second-order valence-electron chi connectivity index (χ2n) is 5.58. The molecule has 2 rings (SSSR count). The highest BCUT2D eigenvalue weighted by Crippen LogP contribution is 2.27. The van der Waals surface area contributed by atoms with Gasteiger partial charge < -0.3 is 15.2 Å². The standard InChI is InChI=1S/C14H23NO4/c16-13(11-8-4-5-9-19-11)15-12(14(17)18)10-6-2-1-3-7-10/h10-12H,1-9H2,(H,15,16)(H,17,18). The van der Waals surface area contributed by atoms with E-state index in [1.165, 1.54) is 6.42 Å². The highest BCUT2D eigenvalue weighted by atomic mass is 16.5. The summed E-state index contributed by atoms with van der Waals surface area (Å²) in [7, 11) is 0. The summed E-state index contributed by atoms with van der Waals surface area (Å²) < 4.78 is 5.40. The monoisotopic (exact) mass is 269 g/mol. The van der Waals surface area contributed by atoms with Gasteiger partial charge in [0.1, 0.15) is 12.1 Å². The maximum atomic E-state index is 12.1. The third-order valence-electron chi connectivity index (χ3n) is 4.16. The van der Waals surface area contributed by atoms with Gasteiger partial charge in [0.05, 0.1) is 0 Å². The molecule has 5 nitrogen and oxygen atoms in total. The van der Waals surface area contributed by atoms with E-state index in [2.05, 4.69) is 5.32 Å². The van der Waals surface area contributed by atoms with E-state index in [9.17, 15) is 14.7 Å². The van der Waals surface area contributed by atoms with E-state index >= 15 is 0 Å². The summed E-state index contributed by atoms with van der Waals surface area (Å²) in [5.74, 6) is -1.10. The maximum Gasteiger partial charge on any atom is 0.326 e. The van der Waals surface area contributed by atoms with E-state index < -0.39 is 18.1 Å². The Morgan fingerprint density at radius 3 is 2.32 bits per heavy atom. The first kappa shape index (κ1) is 14.3. The van der Waals surface area contributed by atoms with Gasteiger partial charge in [0.2, 0.25) is 5.91 Å². The number of hydrogen-bond donors (Lipinski definition) is 2. The molecule has 1 heterocycles. The molecule has 19 heavy (non-hydrogen) atoms. The quantitative estimate of drug-likeness (QED) is 0.814. The number of carbonyl (C=O) groups excluding carboxylic acids is 1. The Kier molecular flexibility index (Phi) is 5.19. The summed E-state index contributed by atoms with van der Waals surface area (Å²) in [6, 6.07) is -0.752. The van der Waals surface area contributed by atoms with E-state index in [0.717, 1.165) is 38.5 Å². The van der Waals surface area contributed by atoms with Gasteiger partial charge in [0, 0.05) is 6.61 Å². The molecule has 5 heteroatoms. The lowest BCUT2D eigenvalue weighted by Gasteiger charge is -2.30. The van der Waals surface area contributed by atoms with E-state index in [1.54, 1.807) is 0 Å². The Morgan fingerprint density at radius 2 is 1.74 bits per heavy atom. The number of carbonyl (C=O) groups is 2. The minimum Gasteiger partial charge on any atom is -0.480 e. The molecule has 1 saturated carbocycles. The molecule has 2 fully saturated rings. The third-order valence-corrected chi connectivity index (χ3v) is 4.16. The Balaban J connectivity index is 1.91. The van der Waals surface area contributed by atoms with Crippen molar-refractivity contribution in [2.45, 2.75) is 63.5 Å². The summed E-state index contributed by atoms with van der Waals surface area (Å²) in [4.78, 5) is 23.4. The largest absolute Gasteiger partial charge is 0.480 e. The summed E-state index contributed by atoms with van der Waals surface area (Å²) in [6.45, 7) is 0.596. The molecule has 2 unspecified atom stereocenters. The Labute approximate surface area is 113 Å². The SMILES string of the molecule is O=C(NC(C(=O)O)C1CCCCC1)C1CCCCO1. The van der Waals surface area contributed by atoms with Gasteiger partial charge in [0.15, 0.2) is 0 Å². The molecule has 1 saturated heterocycles. The van der Waals surface area contributed by atoms with E-state index in [1.807, 2.05) is 0 Å². The minimum absolute atomic E-state index is 0.0683. The molecule has 0 aromatic carbocycles. The number of aliphatic carboxylic acids is 1. The molecule has 1 aliphatic carbocycles. The zero-order valence-electron chi connectivity index (χ0n) is 11.3. The summed E-state index contributed by atoms with van der Waals surface area (Å²) in [6.07, 6.45) is 7.26. The van der Waals surface area contributed by atoms with Gasteiger partial charge in [0.25, 0.3) is 0 Å². The number of carboxylic acid groups (broad SMARTS) is 1. The zero-order chi connectivity index (χ0) is 13.7. The normalized spacial score (nSPS) is 26.6. The summed E-state index contributed by atoms with van der Waals surface area (Å²) in [5.41, 5.74) is 0. The van der Waals surface area contributed by atoms with Crippen LogP contribution in [0, 0.1) is 5.92 Å².